The summed E-state index contributed by atoms with van der Waals surface area (Å²) in [6.45, 7) is 2.15. The van der Waals surface area contributed by atoms with E-state index in [0.717, 1.165) is 10.8 Å². The third kappa shape index (κ3) is 6.07. The van der Waals surface area contributed by atoms with Crippen molar-refractivity contribution in [2.24, 2.45) is 0 Å². The Morgan fingerprint density at radius 1 is 0.735 bits per heavy atom. The van der Waals surface area contributed by atoms with Gasteiger partial charge in [-0.05, 0) is 54.1 Å². The van der Waals surface area contributed by atoms with Crippen molar-refractivity contribution in [1.29, 1.82) is 0 Å². The number of esters is 1. The van der Waals surface area contributed by atoms with E-state index in [-0.39, 0.29) is 0 Å². The van der Waals surface area contributed by atoms with Crippen molar-refractivity contribution in [3.8, 4) is 17.2 Å². The molecule has 0 bridgehead atoms. The van der Waals surface area contributed by atoms with Crippen LogP contribution in [0.15, 0.2) is 103 Å². The number of rotatable bonds is 10. The third-order valence-corrected chi connectivity index (χ3v) is 5.45. The highest BCUT2D eigenvalue weighted by molar-refractivity contribution is 6.20. The molecule has 5 nitrogen and oxygen atoms in total. The minimum Gasteiger partial charge on any atom is -0.482 e. The number of ether oxygens (including phenoxy) is 4. The first kappa shape index (κ1) is 23.6. The average Bonchev–Trinajstić information content (AvgIpc) is 2.87. The molecule has 0 aliphatic heterocycles. The Kier molecular flexibility index (Phi) is 8.02. The number of halogens is 1. The summed E-state index contributed by atoms with van der Waals surface area (Å²) in [6.07, 6.45) is -2.19. The maximum atomic E-state index is 13.5. The van der Waals surface area contributed by atoms with Crippen LogP contribution in [0.5, 0.6) is 17.2 Å². The summed E-state index contributed by atoms with van der Waals surface area (Å²) in [5.74, 6) is 0.750. The van der Waals surface area contributed by atoms with Gasteiger partial charge in [-0.2, -0.15) is 0 Å². The van der Waals surface area contributed by atoms with Gasteiger partial charge in [0.15, 0.2) is 11.7 Å². The third-order valence-electron chi connectivity index (χ3n) is 5.08. The SMILES string of the molecule is CCOC(Cl)C(Oc1ccccc1)C(Oc1ccccc1)C(=O)Oc1ccc2ccccc2c1. The Labute approximate surface area is 203 Å². The predicted molar refractivity (Wildman–Crippen MR) is 133 cm³/mol. The zero-order chi connectivity index (χ0) is 23.8. The second-order valence-corrected chi connectivity index (χ2v) is 7.91. The second-order valence-electron chi connectivity index (χ2n) is 7.48. The van der Waals surface area contributed by atoms with Crippen LogP contribution in [0.25, 0.3) is 10.8 Å². The van der Waals surface area contributed by atoms with Gasteiger partial charge in [0.05, 0.1) is 0 Å². The molecule has 0 spiro atoms. The van der Waals surface area contributed by atoms with E-state index in [9.17, 15) is 4.79 Å². The largest absolute Gasteiger partial charge is 0.482 e. The average molecular weight is 477 g/mol. The Morgan fingerprint density at radius 3 is 1.97 bits per heavy atom. The molecule has 3 atom stereocenters. The van der Waals surface area contributed by atoms with Gasteiger partial charge in [0.1, 0.15) is 17.2 Å². The highest BCUT2D eigenvalue weighted by Gasteiger charge is 2.40. The van der Waals surface area contributed by atoms with Crippen molar-refractivity contribution in [2.45, 2.75) is 24.7 Å². The van der Waals surface area contributed by atoms with Crippen molar-refractivity contribution in [3.63, 3.8) is 0 Å². The highest BCUT2D eigenvalue weighted by Crippen LogP contribution is 2.26. The predicted octanol–water partition coefficient (Wildman–Crippen LogP) is 6.24. The topological polar surface area (TPSA) is 54.0 Å². The lowest BCUT2D eigenvalue weighted by Crippen LogP contribution is -2.50. The van der Waals surface area contributed by atoms with Crippen LogP contribution in [-0.4, -0.2) is 30.3 Å². The number of hydrogen-bond acceptors (Lipinski definition) is 5. The fourth-order valence-electron chi connectivity index (χ4n) is 3.46. The van der Waals surface area contributed by atoms with Gasteiger partial charge in [-0.1, -0.05) is 78.3 Å². The zero-order valence-electron chi connectivity index (χ0n) is 18.7. The molecule has 0 aliphatic carbocycles. The van der Waals surface area contributed by atoms with Crippen LogP contribution < -0.4 is 14.2 Å². The molecule has 34 heavy (non-hydrogen) atoms. The quantitative estimate of drug-likeness (QED) is 0.154. The Morgan fingerprint density at radius 2 is 1.32 bits per heavy atom. The van der Waals surface area contributed by atoms with E-state index < -0.39 is 23.7 Å². The van der Waals surface area contributed by atoms with Crippen LogP contribution >= 0.6 is 11.6 Å². The second kappa shape index (κ2) is 11.5. The van der Waals surface area contributed by atoms with Crippen molar-refractivity contribution >= 4 is 28.3 Å². The normalized spacial score (nSPS) is 13.6. The van der Waals surface area contributed by atoms with E-state index in [4.69, 9.17) is 30.5 Å². The molecule has 0 amide bonds. The molecule has 3 unspecified atom stereocenters. The number of carbonyl (C=O) groups excluding carboxylic acids is 1. The van der Waals surface area contributed by atoms with Crippen LogP contribution in [0.2, 0.25) is 0 Å². The van der Waals surface area contributed by atoms with Crippen molar-refractivity contribution in [2.75, 3.05) is 6.61 Å². The van der Waals surface area contributed by atoms with Gasteiger partial charge in [0.2, 0.25) is 6.10 Å². The minimum absolute atomic E-state index is 0.334. The summed E-state index contributed by atoms with van der Waals surface area (Å²) in [5.41, 5.74) is -0.969. The van der Waals surface area contributed by atoms with E-state index >= 15 is 0 Å². The maximum Gasteiger partial charge on any atom is 0.356 e. The van der Waals surface area contributed by atoms with Crippen LogP contribution in [0, 0.1) is 0 Å². The molecule has 0 saturated heterocycles. The van der Waals surface area contributed by atoms with E-state index in [1.807, 2.05) is 73.7 Å². The molecule has 0 saturated carbocycles. The monoisotopic (exact) mass is 476 g/mol. The standard InChI is InChI=1S/C28H25ClO5/c1-2-31-27(29)25(32-22-13-5-3-6-14-22)26(33-23-15-7-4-8-16-23)28(30)34-24-18-17-20-11-9-10-12-21(20)19-24/h3-19,25-27H,2H2,1H3. The van der Waals surface area contributed by atoms with Gasteiger partial charge < -0.3 is 18.9 Å². The lowest BCUT2D eigenvalue weighted by molar-refractivity contribution is -0.149. The molecule has 174 valence electrons. The number of para-hydroxylation sites is 2. The molecule has 0 aliphatic rings. The fraction of sp³-hybridized carbons (Fsp3) is 0.179. The molecule has 4 aromatic carbocycles. The Bertz CT molecular complexity index is 1200. The van der Waals surface area contributed by atoms with Gasteiger partial charge in [-0.15, -0.1) is 0 Å². The first-order valence-corrected chi connectivity index (χ1v) is 11.5. The van der Waals surface area contributed by atoms with Gasteiger partial charge in [0.25, 0.3) is 0 Å². The number of carbonyl (C=O) groups is 1. The molecule has 0 N–H and O–H groups in total. The summed E-state index contributed by atoms with van der Waals surface area (Å²) in [6, 6.07) is 31.3. The van der Waals surface area contributed by atoms with Crippen LogP contribution in [0.3, 0.4) is 0 Å². The van der Waals surface area contributed by atoms with Gasteiger partial charge >= 0.3 is 5.97 Å². The number of benzene rings is 4. The van der Waals surface area contributed by atoms with Gasteiger partial charge in [-0.3, -0.25) is 0 Å². The summed E-state index contributed by atoms with van der Waals surface area (Å²) in [4.78, 5) is 13.5. The van der Waals surface area contributed by atoms with Crippen LogP contribution in [-0.2, 0) is 9.53 Å². The number of alkyl halides is 1. The molecule has 4 rings (SSSR count). The molecule has 0 fully saturated rings. The molecule has 0 radical (unpaired) electrons. The van der Waals surface area contributed by atoms with Gasteiger partial charge in [-0.25, -0.2) is 4.79 Å². The smallest absolute Gasteiger partial charge is 0.356 e. The summed E-state index contributed by atoms with van der Waals surface area (Å²) < 4.78 is 23.5. The molecular weight excluding hydrogens is 452 g/mol. The lowest BCUT2D eigenvalue weighted by Gasteiger charge is -2.30. The van der Waals surface area contributed by atoms with E-state index in [2.05, 4.69) is 0 Å². The van der Waals surface area contributed by atoms with Crippen molar-refractivity contribution < 1.29 is 23.7 Å². The molecule has 6 heteroatoms. The molecule has 4 aromatic rings. The van der Waals surface area contributed by atoms with Crippen LogP contribution in [0.4, 0.5) is 0 Å². The molecule has 0 heterocycles. The fourth-order valence-corrected chi connectivity index (χ4v) is 3.77. The van der Waals surface area contributed by atoms with Gasteiger partial charge in [0, 0.05) is 6.61 Å². The summed E-state index contributed by atoms with van der Waals surface area (Å²) in [5, 5.41) is 2.00. The molecular formula is C28H25ClO5. The highest BCUT2D eigenvalue weighted by atomic mass is 35.5. The van der Waals surface area contributed by atoms with E-state index in [1.165, 1.54) is 0 Å². The number of hydrogen-bond donors (Lipinski definition) is 0. The maximum absolute atomic E-state index is 13.5. The van der Waals surface area contributed by atoms with Crippen molar-refractivity contribution in [3.05, 3.63) is 103 Å². The lowest BCUT2D eigenvalue weighted by atomic mass is 10.1. The van der Waals surface area contributed by atoms with E-state index in [0.29, 0.717) is 23.9 Å². The summed E-state index contributed by atoms with van der Waals surface area (Å²) in [7, 11) is 0. The summed E-state index contributed by atoms with van der Waals surface area (Å²) >= 11 is 6.55. The number of fused-ring (bicyclic) bond motifs is 1. The zero-order valence-corrected chi connectivity index (χ0v) is 19.4. The minimum atomic E-state index is -1.21. The van der Waals surface area contributed by atoms with Crippen molar-refractivity contribution in [1.82, 2.24) is 0 Å². The first-order chi connectivity index (χ1) is 16.6. The molecule has 0 aromatic heterocycles. The Balaban J connectivity index is 1.65. The Hall–Kier alpha value is -3.54. The van der Waals surface area contributed by atoms with E-state index in [1.54, 1.807) is 36.4 Å². The first-order valence-electron chi connectivity index (χ1n) is 11.0. The van der Waals surface area contributed by atoms with Crippen LogP contribution in [0.1, 0.15) is 6.92 Å².